The van der Waals surface area contributed by atoms with Crippen LogP contribution in [0.2, 0.25) is 0 Å². The van der Waals surface area contributed by atoms with Crippen molar-refractivity contribution in [1.29, 1.82) is 10.5 Å². The quantitative estimate of drug-likeness (QED) is 0.428. The van der Waals surface area contributed by atoms with Crippen LogP contribution < -0.4 is 4.74 Å². The molecule has 2 aromatic rings. The van der Waals surface area contributed by atoms with Gasteiger partial charge in [-0.2, -0.15) is 10.5 Å². The van der Waals surface area contributed by atoms with E-state index in [2.05, 4.69) is 34.6 Å². The summed E-state index contributed by atoms with van der Waals surface area (Å²) in [6, 6.07) is 16.8. The molecule has 3 nitrogen and oxygen atoms in total. The Morgan fingerprint density at radius 2 is 2.04 bits per heavy atom. The number of hydrogen-bond donors (Lipinski definition) is 0. The summed E-state index contributed by atoms with van der Waals surface area (Å²) >= 11 is 3.42. The minimum absolute atomic E-state index is 0.383. The predicted octanol–water partition coefficient (Wildman–Crippen LogP) is 4.95. The predicted molar refractivity (Wildman–Crippen MR) is 94.5 cm³/mol. The molecule has 0 N–H and O–H groups in total. The van der Waals surface area contributed by atoms with Crippen molar-refractivity contribution in [3.63, 3.8) is 0 Å². The van der Waals surface area contributed by atoms with Crippen LogP contribution >= 0.6 is 15.9 Å². The summed E-state index contributed by atoms with van der Waals surface area (Å²) in [5.41, 5.74) is 2.45. The van der Waals surface area contributed by atoms with Gasteiger partial charge in [-0.1, -0.05) is 40.7 Å². The third kappa shape index (κ3) is 4.32. The number of rotatable bonds is 5. The summed E-state index contributed by atoms with van der Waals surface area (Å²) in [5, 5.41) is 18.5. The number of nitrogens with zero attached hydrogens (tertiary/aromatic N) is 2. The van der Waals surface area contributed by atoms with Crippen LogP contribution in [-0.4, -0.2) is 6.61 Å². The zero-order valence-corrected chi connectivity index (χ0v) is 13.9. The molecule has 0 atom stereocenters. The Morgan fingerprint density at radius 1 is 1.22 bits per heavy atom. The lowest BCUT2D eigenvalue weighted by atomic mass is 10.0. The molecule has 0 unspecified atom stereocenters. The molecule has 0 aromatic heterocycles. The molecule has 112 valence electrons. The van der Waals surface area contributed by atoms with Crippen molar-refractivity contribution >= 4 is 27.6 Å². The van der Waals surface area contributed by atoms with Crippen molar-refractivity contribution < 1.29 is 4.74 Å². The van der Waals surface area contributed by atoms with Gasteiger partial charge in [-0.25, -0.2) is 0 Å². The summed E-state index contributed by atoms with van der Waals surface area (Å²) in [6.45, 7) is 4.02. The third-order valence-corrected chi connectivity index (χ3v) is 3.54. The van der Waals surface area contributed by atoms with Crippen LogP contribution in [0.5, 0.6) is 5.75 Å². The molecule has 0 aliphatic rings. The molecule has 0 heterocycles. The molecular weight excluding hydrogens is 352 g/mol. The van der Waals surface area contributed by atoms with Crippen LogP contribution in [0.3, 0.4) is 0 Å². The van der Waals surface area contributed by atoms with Crippen LogP contribution in [-0.2, 0) is 0 Å². The molecule has 0 radical (unpaired) electrons. The van der Waals surface area contributed by atoms with Gasteiger partial charge in [0.2, 0.25) is 0 Å². The van der Waals surface area contributed by atoms with Gasteiger partial charge in [0, 0.05) is 10.0 Å². The monoisotopic (exact) mass is 364 g/mol. The highest BCUT2D eigenvalue weighted by atomic mass is 79.9. The minimum atomic E-state index is 0.383. The average Bonchev–Trinajstić information content (AvgIpc) is 2.59. The van der Waals surface area contributed by atoms with Crippen molar-refractivity contribution in [2.24, 2.45) is 0 Å². The minimum Gasteiger partial charge on any atom is -0.489 e. The molecule has 23 heavy (non-hydrogen) atoms. The van der Waals surface area contributed by atoms with Crippen LogP contribution in [0.25, 0.3) is 11.6 Å². The van der Waals surface area contributed by atoms with E-state index in [9.17, 15) is 5.26 Å². The van der Waals surface area contributed by atoms with E-state index < -0.39 is 0 Å². The Kier molecular flexibility index (Phi) is 5.74. The van der Waals surface area contributed by atoms with Gasteiger partial charge in [0.15, 0.2) is 0 Å². The molecule has 2 rings (SSSR count). The van der Waals surface area contributed by atoms with Crippen LogP contribution in [0.1, 0.15) is 16.7 Å². The zero-order chi connectivity index (χ0) is 16.7. The fourth-order valence-corrected chi connectivity index (χ4v) is 2.38. The standard InChI is InChI=1S/C19H13BrN2O/c1-2-8-23-19-7-6-18(20)11-16(19)10-17(13-22)15-5-3-4-14(9-15)12-21/h2-7,9-11H,1,8H2/b17-10+. The van der Waals surface area contributed by atoms with Gasteiger partial charge in [-0.15, -0.1) is 0 Å². The maximum absolute atomic E-state index is 9.47. The molecule has 0 saturated heterocycles. The lowest BCUT2D eigenvalue weighted by molar-refractivity contribution is 0.362. The largest absolute Gasteiger partial charge is 0.489 e. The van der Waals surface area contributed by atoms with E-state index in [0.717, 1.165) is 10.0 Å². The Balaban J connectivity index is 2.49. The fourth-order valence-electron chi connectivity index (χ4n) is 2.00. The van der Waals surface area contributed by atoms with Crippen molar-refractivity contribution in [3.05, 3.63) is 76.3 Å². The molecule has 0 aliphatic heterocycles. The Bertz CT molecular complexity index is 841. The summed E-state index contributed by atoms with van der Waals surface area (Å²) in [5.74, 6) is 0.664. The van der Waals surface area contributed by atoms with Crippen LogP contribution in [0.4, 0.5) is 0 Å². The van der Waals surface area contributed by atoms with E-state index in [1.165, 1.54) is 0 Å². The topological polar surface area (TPSA) is 56.8 Å². The highest BCUT2D eigenvalue weighted by Crippen LogP contribution is 2.28. The van der Waals surface area contributed by atoms with E-state index in [1.54, 1.807) is 36.4 Å². The first-order valence-electron chi connectivity index (χ1n) is 6.83. The maximum atomic E-state index is 9.47. The molecule has 0 aliphatic carbocycles. The van der Waals surface area contributed by atoms with E-state index in [-0.39, 0.29) is 0 Å². The first kappa shape index (κ1) is 16.5. The first-order chi connectivity index (χ1) is 11.2. The molecule has 0 fully saturated rings. The molecule has 0 bridgehead atoms. The number of ether oxygens (including phenoxy) is 1. The smallest absolute Gasteiger partial charge is 0.127 e. The van der Waals surface area contributed by atoms with Crippen LogP contribution in [0, 0.1) is 22.7 Å². The molecule has 4 heteroatoms. The highest BCUT2D eigenvalue weighted by molar-refractivity contribution is 9.10. The lowest BCUT2D eigenvalue weighted by Crippen LogP contribution is -1.95. The van der Waals surface area contributed by atoms with Gasteiger partial charge in [0.05, 0.1) is 23.3 Å². The first-order valence-corrected chi connectivity index (χ1v) is 7.63. The van der Waals surface area contributed by atoms with E-state index in [0.29, 0.717) is 29.1 Å². The second kappa shape index (κ2) is 7.98. The average molecular weight is 365 g/mol. The number of halogens is 1. The normalized spacial score (nSPS) is 10.5. The van der Waals surface area contributed by atoms with Gasteiger partial charge in [-0.05, 0) is 42.0 Å². The zero-order valence-electron chi connectivity index (χ0n) is 12.3. The van der Waals surface area contributed by atoms with E-state index in [4.69, 9.17) is 10.00 Å². The van der Waals surface area contributed by atoms with E-state index >= 15 is 0 Å². The highest BCUT2D eigenvalue weighted by Gasteiger charge is 2.07. The SMILES string of the molecule is C=CCOc1ccc(Br)cc1/C=C(\C#N)c1cccc(C#N)c1. The molecule has 0 amide bonds. The summed E-state index contributed by atoms with van der Waals surface area (Å²) in [4.78, 5) is 0. The summed E-state index contributed by atoms with van der Waals surface area (Å²) < 4.78 is 6.51. The number of hydrogen-bond acceptors (Lipinski definition) is 3. The molecule has 0 spiro atoms. The van der Waals surface area contributed by atoms with Crippen molar-refractivity contribution in [3.8, 4) is 17.9 Å². The van der Waals surface area contributed by atoms with Gasteiger partial charge in [-0.3, -0.25) is 0 Å². The van der Waals surface area contributed by atoms with Gasteiger partial charge in [0.1, 0.15) is 12.4 Å². The third-order valence-electron chi connectivity index (χ3n) is 3.05. The van der Waals surface area contributed by atoms with Gasteiger partial charge < -0.3 is 4.74 Å². The maximum Gasteiger partial charge on any atom is 0.127 e. The van der Waals surface area contributed by atoms with E-state index in [1.807, 2.05) is 18.2 Å². The number of benzene rings is 2. The Labute approximate surface area is 143 Å². The Hall–Kier alpha value is -2.82. The second-order valence-corrected chi connectivity index (χ2v) is 5.56. The number of nitriles is 2. The Morgan fingerprint density at radius 3 is 2.74 bits per heavy atom. The van der Waals surface area contributed by atoms with Gasteiger partial charge >= 0.3 is 0 Å². The lowest BCUT2D eigenvalue weighted by Gasteiger charge is -2.09. The van der Waals surface area contributed by atoms with Crippen molar-refractivity contribution in [2.45, 2.75) is 0 Å². The van der Waals surface area contributed by atoms with Gasteiger partial charge in [0.25, 0.3) is 0 Å². The summed E-state index contributed by atoms with van der Waals surface area (Å²) in [6.07, 6.45) is 3.41. The number of allylic oxidation sites excluding steroid dienone is 1. The molecule has 2 aromatic carbocycles. The van der Waals surface area contributed by atoms with Crippen LogP contribution in [0.15, 0.2) is 59.6 Å². The second-order valence-electron chi connectivity index (χ2n) is 4.64. The summed E-state index contributed by atoms with van der Waals surface area (Å²) in [7, 11) is 0. The van der Waals surface area contributed by atoms with Crippen molar-refractivity contribution in [1.82, 2.24) is 0 Å². The fraction of sp³-hybridized carbons (Fsp3) is 0.0526. The molecular formula is C19H13BrN2O. The molecule has 0 saturated carbocycles. The van der Waals surface area contributed by atoms with Crippen molar-refractivity contribution in [2.75, 3.05) is 6.61 Å².